The molecule has 0 heterocycles. The highest BCUT2D eigenvalue weighted by atomic mass is 35.5. The van der Waals surface area contributed by atoms with Crippen LogP contribution in [-0.4, -0.2) is 16.7 Å². The summed E-state index contributed by atoms with van der Waals surface area (Å²) in [5.74, 6) is -0.297. The Morgan fingerprint density at radius 2 is 2.13 bits per heavy atom. The number of nitrogens with zero attached hydrogens (tertiary/aromatic N) is 1. The SMILES string of the molecule is CC(N)C(=O)c1cccc([N+](=O)[O-])c1.Cl. The Labute approximate surface area is 92.8 Å². The van der Waals surface area contributed by atoms with Crippen LogP contribution in [0.4, 0.5) is 5.69 Å². The lowest BCUT2D eigenvalue weighted by atomic mass is 10.1. The smallest absolute Gasteiger partial charge is 0.270 e. The van der Waals surface area contributed by atoms with E-state index >= 15 is 0 Å². The van der Waals surface area contributed by atoms with Crippen molar-refractivity contribution in [1.29, 1.82) is 0 Å². The maximum absolute atomic E-state index is 11.4. The summed E-state index contributed by atoms with van der Waals surface area (Å²) < 4.78 is 0. The van der Waals surface area contributed by atoms with Crippen LogP contribution in [0.25, 0.3) is 0 Å². The van der Waals surface area contributed by atoms with Gasteiger partial charge in [-0.1, -0.05) is 12.1 Å². The fourth-order valence-corrected chi connectivity index (χ4v) is 1.04. The van der Waals surface area contributed by atoms with E-state index in [1.54, 1.807) is 6.92 Å². The fraction of sp³-hybridized carbons (Fsp3) is 0.222. The molecule has 1 aromatic carbocycles. The number of carbonyl (C=O) groups is 1. The fourth-order valence-electron chi connectivity index (χ4n) is 1.04. The van der Waals surface area contributed by atoms with E-state index in [1.807, 2.05) is 0 Å². The highest BCUT2D eigenvalue weighted by Gasteiger charge is 2.14. The van der Waals surface area contributed by atoms with Gasteiger partial charge < -0.3 is 5.73 Å². The maximum atomic E-state index is 11.4. The predicted molar refractivity (Wildman–Crippen MR) is 58.3 cm³/mol. The van der Waals surface area contributed by atoms with Gasteiger partial charge in [0.05, 0.1) is 11.0 Å². The minimum atomic E-state index is -0.642. The van der Waals surface area contributed by atoms with Crippen molar-refractivity contribution < 1.29 is 9.72 Å². The zero-order valence-electron chi connectivity index (χ0n) is 8.04. The van der Waals surface area contributed by atoms with Crippen LogP contribution in [0.5, 0.6) is 0 Å². The number of carbonyl (C=O) groups excluding carboxylic acids is 1. The van der Waals surface area contributed by atoms with Crippen LogP contribution in [0.15, 0.2) is 24.3 Å². The van der Waals surface area contributed by atoms with Gasteiger partial charge in [0.15, 0.2) is 5.78 Å². The minimum Gasteiger partial charge on any atom is -0.321 e. The van der Waals surface area contributed by atoms with Crippen LogP contribution >= 0.6 is 12.4 Å². The molecule has 82 valence electrons. The summed E-state index contributed by atoms with van der Waals surface area (Å²) in [5, 5.41) is 10.4. The highest BCUT2D eigenvalue weighted by molar-refractivity contribution is 6.00. The third-order valence-electron chi connectivity index (χ3n) is 1.76. The number of hydrogen-bond donors (Lipinski definition) is 1. The number of nitrogens with two attached hydrogens (primary N) is 1. The first kappa shape index (κ1) is 13.5. The van der Waals surface area contributed by atoms with Gasteiger partial charge in [0.25, 0.3) is 5.69 Å². The Kier molecular flexibility index (Phi) is 4.90. The van der Waals surface area contributed by atoms with E-state index < -0.39 is 11.0 Å². The van der Waals surface area contributed by atoms with Gasteiger partial charge >= 0.3 is 0 Å². The average molecular weight is 231 g/mol. The molecular formula is C9H11ClN2O3. The van der Waals surface area contributed by atoms with Crippen molar-refractivity contribution in [2.24, 2.45) is 5.73 Å². The molecule has 0 amide bonds. The average Bonchev–Trinajstić information content (AvgIpc) is 2.16. The Morgan fingerprint density at radius 3 is 2.60 bits per heavy atom. The molecule has 0 radical (unpaired) electrons. The number of non-ortho nitro benzene ring substituents is 1. The van der Waals surface area contributed by atoms with Gasteiger partial charge in [-0.2, -0.15) is 0 Å². The molecule has 1 rings (SSSR count). The van der Waals surface area contributed by atoms with Gasteiger partial charge in [-0.3, -0.25) is 14.9 Å². The summed E-state index contributed by atoms with van der Waals surface area (Å²) in [5.41, 5.74) is 5.55. The lowest BCUT2D eigenvalue weighted by molar-refractivity contribution is -0.384. The second kappa shape index (κ2) is 5.43. The van der Waals surface area contributed by atoms with Crippen molar-refractivity contribution in [3.8, 4) is 0 Å². The summed E-state index contributed by atoms with van der Waals surface area (Å²) in [4.78, 5) is 21.2. The number of halogens is 1. The van der Waals surface area contributed by atoms with E-state index in [0.29, 0.717) is 0 Å². The first-order valence-corrected chi connectivity index (χ1v) is 4.06. The molecule has 0 saturated carbocycles. The number of benzene rings is 1. The van der Waals surface area contributed by atoms with Gasteiger partial charge in [-0.25, -0.2) is 0 Å². The largest absolute Gasteiger partial charge is 0.321 e. The Morgan fingerprint density at radius 1 is 1.53 bits per heavy atom. The van der Waals surface area contributed by atoms with E-state index in [9.17, 15) is 14.9 Å². The zero-order chi connectivity index (χ0) is 10.7. The second-order valence-electron chi connectivity index (χ2n) is 2.96. The Balaban J connectivity index is 0.00000196. The third-order valence-corrected chi connectivity index (χ3v) is 1.76. The maximum Gasteiger partial charge on any atom is 0.270 e. The van der Waals surface area contributed by atoms with Crippen LogP contribution in [0.2, 0.25) is 0 Å². The van der Waals surface area contributed by atoms with Crippen molar-refractivity contribution in [2.75, 3.05) is 0 Å². The monoisotopic (exact) mass is 230 g/mol. The summed E-state index contributed by atoms with van der Waals surface area (Å²) in [6.07, 6.45) is 0. The van der Waals surface area contributed by atoms with Crippen molar-refractivity contribution >= 4 is 23.9 Å². The Bertz CT molecular complexity index is 379. The van der Waals surface area contributed by atoms with E-state index in [2.05, 4.69) is 0 Å². The molecule has 2 N–H and O–H groups in total. The molecule has 1 aromatic rings. The Hall–Kier alpha value is -1.46. The molecule has 1 unspecified atom stereocenters. The highest BCUT2D eigenvalue weighted by Crippen LogP contribution is 2.13. The standard InChI is InChI=1S/C9H10N2O3.ClH/c1-6(10)9(12)7-3-2-4-8(5-7)11(13)14;/h2-6H,10H2,1H3;1H. The molecule has 0 saturated heterocycles. The summed E-state index contributed by atoms with van der Waals surface area (Å²) in [7, 11) is 0. The zero-order valence-corrected chi connectivity index (χ0v) is 8.86. The van der Waals surface area contributed by atoms with E-state index in [4.69, 9.17) is 5.73 Å². The van der Waals surface area contributed by atoms with Crippen molar-refractivity contribution in [3.63, 3.8) is 0 Å². The van der Waals surface area contributed by atoms with Gasteiger partial charge in [0, 0.05) is 17.7 Å². The first-order valence-electron chi connectivity index (χ1n) is 4.06. The molecule has 0 fully saturated rings. The van der Waals surface area contributed by atoms with Crippen molar-refractivity contribution in [1.82, 2.24) is 0 Å². The summed E-state index contributed by atoms with van der Waals surface area (Å²) in [6.45, 7) is 1.54. The van der Waals surface area contributed by atoms with Crippen molar-refractivity contribution in [2.45, 2.75) is 13.0 Å². The molecule has 0 bridgehead atoms. The second-order valence-corrected chi connectivity index (χ2v) is 2.96. The van der Waals surface area contributed by atoms with Gasteiger partial charge in [-0.05, 0) is 6.92 Å². The quantitative estimate of drug-likeness (QED) is 0.485. The molecule has 15 heavy (non-hydrogen) atoms. The van der Waals surface area contributed by atoms with Crippen LogP contribution in [-0.2, 0) is 0 Å². The molecule has 0 aromatic heterocycles. The van der Waals surface area contributed by atoms with Crippen molar-refractivity contribution in [3.05, 3.63) is 39.9 Å². The number of rotatable bonds is 3. The molecule has 0 aliphatic heterocycles. The molecule has 0 aliphatic carbocycles. The molecule has 6 heteroatoms. The van der Waals surface area contributed by atoms with E-state index in [1.165, 1.54) is 24.3 Å². The van der Waals surface area contributed by atoms with E-state index in [-0.39, 0.29) is 29.4 Å². The molecular weight excluding hydrogens is 220 g/mol. The van der Waals surface area contributed by atoms with E-state index in [0.717, 1.165) is 0 Å². The van der Waals surface area contributed by atoms with Crippen LogP contribution in [0, 0.1) is 10.1 Å². The van der Waals surface area contributed by atoms with Crippen LogP contribution in [0.3, 0.4) is 0 Å². The number of ketones is 1. The lowest BCUT2D eigenvalue weighted by Crippen LogP contribution is -2.26. The normalized spacial score (nSPS) is 11.3. The molecule has 1 atom stereocenters. The number of hydrogen-bond acceptors (Lipinski definition) is 4. The minimum absolute atomic E-state index is 0. The first-order chi connectivity index (χ1) is 6.52. The summed E-state index contributed by atoms with van der Waals surface area (Å²) >= 11 is 0. The number of nitro benzene ring substituents is 1. The van der Waals surface area contributed by atoms with Gasteiger partial charge in [0.1, 0.15) is 0 Å². The topological polar surface area (TPSA) is 86.2 Å². The number of Topliss-reactive ketones (excluding diaryl/α,β-unsaturated/α-hetero) is 1. The molecule has 5 nitrogen and oxygen atoms in total. The molecule has 0 aliphatic rings. The predicted octanol–water partition coefficient (Wildman–Crippen LogP) is 1.55. The lowest BCUT2D eigenvalue weighted by Gasteiger charge is -2.03. The molecule has 0 spiro atoms. The van der Waals surface area contributed by atoms with Crippen LogP contribution < -0.4 is 5.73 Å². The van der Waals surface area contributed by atoms with Gasteiger partial charge in [-0.15, -0.1) is 12.4 Å². The number of nitro groups is 1. The third kappa shape index (κ3) is 3.30. The van der Waals surface area contributed by atoms with Crippen LogP contribution in [0.1, 0.15) is 17.3 Å². The van der Waals surface area contributed by atoms with Gasteiger partial charge in [0.2, 0.25) is 0 Å². The summed E-state index contributed by atoms with van der Waals surface area (Å²) in [6, 6.07) is 4.90.